The smallest absolute Gasteiger partial charge is 0.270 e. The van der Waals surface area contributed by atoms with Crippen LogP contribution in [-0.2, 0) is 4.79 Å². The highest BCUT2D eigenvalue weighted by Crippen LogP contribution is 2.55. The molecule has 1 N–H and O–H groups in total. The lowest BCUT2D eigenvalue weighted by Crippen LogP contribution is -2.15. The van der Waals surface area contributed by atoms with Crippen molar-refractivity contribution in [1.82, 2.24) is 0 Å². The van der Waals surface area contributed by atoms with Crippen LogP contribution in [0.1, 0.15) is 25.7 Å². The molecule has 2 aliphatic rings. The van der Waals surface area contributed by atoms with Gasteiger partial charge in [0.2, 0.25) is 5.91 Å². The van der Waals surface area contributed by atoms with Crippen molar-refractivity contribution < 1.29 is 9.72 Å². The number of halogens is 1. The van der Waals surface area contributed by atoms with Gasteiger partial charge in [-0.2, -0.15) is 0 Å². The Labute approximate surface area is 125 Å². The molecule has 0 aromatic heterocycles. The highest BCUT2D eigenvalue weighted by Gasteiger charge is 2.54. The van der Waals surface area contributed by atoms with E-state index in [4.69, 9.17) is 0 Å². The highest BCUT2D eigenvalue weighted by atomic mass is 79.9. The van der Waals surface area contributed by atoms with Crippen LogP contribution in [-0.4, -0.2) is 10.8 Å². The standard InChI is InChI=1S/C14H15BrN2O3/c15-11-7-8(17(19)20)5-6-12(11)16-14(18)13-9-3-1-2-4-10(9)13/h5-7,9-10,13H,1-4H2,(H,16,18). The molecule has 3 rings (SSSR count). The summed E-state index contributed by atoms with van der Waals surface area (Å²) in [6.45, 7) is 0. The number of rotatable bonds is 3. The fourth-order valence-corrected chi connectivity index (χ4v) is 3.78. The number of benzene rings is 1. The summed E-state index contributed by atoms with van der Waals surface area (Å²) >= 11 is 3.27. The van der Waals surface area contributed by atoms with Crippen LogP contribution in [0.25, 0.3) is 0 Å². The summed E-state index contributed by atoms with van der Waals surface area (Å²) in [6, 6.07) is 4.39. The van der Waals surface area contributed by atoms with Crippen LogP contribution in [0, 0.1) is 27.9 Å². The van der Waals surface area contributed by atoms with Crippen LogP contribution in [0.5, 0.6) is 0 Å². The molecule has 2 atom stereocenters. The van der Waals surface area contributed by atoms with E-state index in [1.54, 1.807) is 6.07 Å². The van der Waals surface area contributed by atoms with Gasteiger partial charge >= 0.3 is 0 Å². The third-order valence-corrected chi connectivity index (χ3v) is 5.04. The van der Waals surface area contributed by atoms with Gasteiger partial charge in [0.1, 0.15) is 0 Å². The van der Waals surface area contributed by atoms with E-state index in [0.29, 0.717) is 22.0 Å². The molecule has 20 heavy (non-hydrogen) atoms. The lowest BCUT2D eigenvalue weighted by molar-refractivity contribution is -0.384. The largest absolute Gasteiger partial charge is 0.325 e. The molecule has 0 bridgehead atoms. The number of nitro groups is 1. The SMILES string of the molecule is O=C(Nc1ccc([N+](=O)[O-])cc1Br)C1C2CCCCC21. The number of amides is 1. The van der Waals surface area contributed by atoms with Crippen molar-refractivity contribution >= 4 is 33.2 Å². The lowest BCUT2D eigenvalue weighted by Gasteiger charge is -2.07. The van der Waals surface area contributed by atoms with Gasteiger partial charge in [-0.1, -0.05) is 12.8 Å². The predicted molar refractivity (Wildman–Crippen MR) is 78.4 cm³/mol. The van der Waals surface area contributed by atoms with Gasteiger partial charge in [0, 0.05) is 22.5 Å². The molecule has 2 unspecified atom stereocenters. The number of nitrogens with one attached hydrogen (secondary N) is 1. The number of hydrogen-bond acceptors (Lipinski definition) is 3. The van der Waals surface area contributed by atoms with E-state index in [-0.39, 0.29) is 17.5 Å². The maximum absolute atomic E-state index is 12.2. The minimum absolute atomic E-state index is 0.00923. The van der Waals surface area contributed by atoms with Crippen molar-refractivity contribution in [3.05, 3.63) is 32.8 Å². The van der Waals surface area contributed by atoms with Crippen LogP contribution < -0.4 is 5.32 Å². The second-order valence-electron chi connectivity index (χ2n) is 5.55. The molecular formula is C14H15BrN2O3. The van der Waals surface area contributed by atoms with E-state index in [0.717, 1.165) is 12.8 Å². The summed E-state index contributed by atoms with van der Waals surface area (Å²) in [5.41, 5.74) is 0.610. The average Bonchev–Trinajstić information content (AvgIpc) is 3.15. The molecule has 1 aromatic carbocycles. The Morgan fingerprint density at radius 2 is 1.95 bits per heavy atom. The normalized spacial score (nSPS) is 27.6. The second-order valence-corrected chi connectivity index (χ2v) is 6.40. The predicted octanol–water partition coefficient (Wildman–Crippen LogP) is 3.73. The van der Waals surface area contributed by atoms with Crippen molar-refractivity contribution in [2.45, 2.75) is 25.7 Å². The summed E-state index contributed by atoms with van der Waals surface area (Å²) in [5.74, 6) is 1.30. The van der Waals surface area contributed by atoms with E-state index in [2.05, 4.69) is 21.2 Å². The number of fused-ring (bicyclic) bond motifs is 1. The molecule has 2 saturated carbocycles. The van der Waals surface area contributed by atoms with Gasteiger partial charge in [-0.25, -0.2) is 0 Å². The minimum atomic E-state index is -0.453. The number of nitrogens with zero attached hydrogens (tertiary/aromatic N) is 1. The lowest BCUT2D eigenvalue weighted by atomic mass is 10.0. The Bertz CT molecular complexity index is 564. The molecule has 1 aromatic rings. The molecule has 2 aliphatic carbocycles. The summed E-state index contributed by atoms with van der Waals surface area (Å²) in [7, 11) is 0. The van der Waals surface area contributed by atoms with Gasteiger partial charge in [0.25, 0.3) is 5.69 Å². The molecule has 106 valence electrons. The molecular weight excluding hydrogens is 324 g/mol. The van der Waals surface area contributed by atoms with E-state index in [1.807, 2.05) is 0 Å². The maximum Gasteiger partial charge on any atom is 0.270 e. The Morgan fingerprint density at radius 3 is 2.50 bits per heavy atom. The molecule has 0 radical (unpaired) electrons. The summed E-state index contributed by atoms with van der Waals surface area (Å²) < 4.78 is 0.545. The first-order valence-corrected chi connectivity index (χ1v) is 7.62. The van der Waals surface area contributed by atoms with Gasteiger partial charge < -0.3 is 5.32 Å². The summed E-state index contributed by atoms with van der Waals surface area (Å²) in [6.07, 6.45) is 4.77. The number of anilines is 1. The third kappa shape index (κ3) is 2.44. The van der Waals surface area contributed by atoms with Crippen molar-refractivity contribution in [3.63, 3.8) is 0 Å². The highest BCUT2D eigenvalue weighted by molar-refractivity contribution is 9.10. The zero-order valence-corrected chi connectivity index (χ0v) is 12.4. The molecule has 0 saturated heterocycles. The Balaban J connectivity index is 1.69. The van der Waals surface area contributed by atoms with Crippen LogP contribution in [0.15, 0.2) is 22.7 Å². The molecule has 2 fully saturated rings. The molecule has 0 heterocycles. The zero-order chi connectivity index (χ0) is 14.3. The van der Waals surface area contributed by atoms with Gasteiger partial charge in [0.05, 0.1) is 10.6 Å². The summed E-state index contributed by atoms with van der Waals surface area (Å²) in [4.78, 5) is 22.5. The van der Waals surface area contributed by atoms with E-state index < -0.39 is 4.92 Å². The second kappa shape index (κ2) is 5.16. The van der Waals surface area contributed by atoms with Crippen LogP contribution >= 0.6 is 15.9 Å². The molecule has 1 amide bonds. The first-order valence-electron chi connectivity index (χ1n) is 6.83. The monoisotopic (exact) mass is 338 g/mol. The third-order valence-electron chi connectivity index (χ3n) is 4.38. The number of hydrogen-bond donors (Lipinski definition) is 1. The average molecular weight is 339 g/mol. The van der Waals surface area contributed by atoms with Gasteiger partial charge in [0.15, 0.2) is 0 Å². The summed E-state index contributed by atoms with van der Waals surface area (Å²) in [5, 5.41) is 13.6. The first-order chi connectivity index (χ1) is 9.58. The zero-order valence-electron chi connectivity index (χ0n) is 10.8. The Hall–Kier alpha value is -1.43. The minimum Gasteiger partial charge on any atom is -0.325 e. The fourth-order valence-electron chi connectivity index (χ4n) is 3.32. The molecule has 6 heteroatoms. The molecule has 5 nitrogen and oxygen atoms in total. The fraction of sp³-hybridized carbons (Fsp3) is 0.500. The Morgan fingerprint density at radius 1 is 1.30 bits per heavy atom. The Kier molecular flexibility index (Phi) is 3.50. The van der Waals surface area contributed by atoms with Crippen molar-refractivity contribution in [3.8, 4) is 0 Å². The van der Waals surface area contributed by atoms with Gasteiger partial charge in [-0.05, 0) is 46.7 Å². The van der Waals surface area contributed by atoms with Crippen molar-refractivity contribution in [2.75, 3.05) is 5.32 Å². The van der Waals surface area contributed by atoms with Crippen molar-refractivity contribution in [1.29, 1.82) is 0 Å². The topological polar surface area (TPSA) is 72.2 Å². The van der Waals surface area contributed by atoms with E-state index in [1.165, 1.54) is 25.0 Å². The quantitative estimate of drug-likeness (QED) is 0.674. The first kappa shape index (κ1) is 13.5. The molecule has 0 aliphatic heterocycles. The number of carbonyl (C=O) groups excluding carboxylic acids is 1. The van der Waals surface area contributed by atoms with Crippen molar-refractivity contribution in [2.24, 2.45) is 17.8 Å². The number of non-ortho nitro benzene ring substituents is 1. The van der Waals surface area contributed by atoms with Gasteiger partial charge in [-0.15, -0.1) is 0 Å². The number of carbonyl (C=O) groups is 1. The van der Waals surface area contributed by atoms with E-state index >= 15 is 0 Å². The van der Waals surface area contributed by atoms with Gasteiger partial charge in [-0.3, -0.25) is 14.9 Å². The maximum atomic E-state index is 12.2. The van der Waals surface area contributed by atoms with Crippen LogP contribution in [0.3, 0.4) is 0 Å². The van der Waals surface area contributed by atoms with Crippen LogP contribution in [0.4, 0.5) is 11.4 Å². The molecule has 0 spiro atoms. The van der Waals surface area contributed by atoms with E-state index in [9.17, 15) is 14.9 Å². The number of nitro benzene ring substituents is 1. The van der Waals surface area contributed by atoms with Crippen LogP contribution in [0.2, 0.25) is 0 Å².